The number of nitrogens with two attached hydrogens (primary N) is 1. The van der Waals surface area contributed by atoms with E-state index in [2.05, 4.69) is 5.32 Å². The second-order valence-corrected chi connectivity index (χ2v) is 1.95. The molecule has 0 bridgehead atoms. The SMILES string of the molecule is NCCNCC1CO1. The molecule has 1 aliphatic rings. The summed E-state index contributed by atoms with van der Waals surface area (Å²) in [5, 5.41) is 3.15. The first-order valence-corrected chi connectivity index (χ1v) is 2.96. The summed E-state index contributed by atoms with van der Waals surface area (Å²) in [6.07, 6.45) is 0.488. The Morgan fingerprint density at radius 1 is 1.75 bits per heavy atom. The molecule has 0 radical (unpaired) electrons. The van der Waals surface area contributed by atoms with Crippen LogP contribution in [0, 0.1) is 0 Å². The highest BCUT2D eigenvalue weighted by Crippen LogP contribution is 2.05. The minimum Gasteiger partial charge on any atom is -0.372 e. The van der Waals surface area contributed by atoms with Crippen LogP contribution in [0.25, 0.3) is 0 Å². The van der Waals surface area contributed by atoms with E-state index in [4.69, 9.17) is 10.5 Å². The minimum atomic E-state index is 0.488. The third kappa shape index (κ3) is 2.26. The van der Waals surface area contributed by atoms with Gasteiger partial charge in [0.05, 0.1) is 12.7 Å². The Morgan fingerprint density at radius 2 is 2.50 bits per heavy atom. The van der Waals surface area contributed by atoms with Gasteiger partial charge in [-0.05, 0) is 0 Å². The van der Waals surface area contributed by atoms with Gasteiger partial charge in [-0.1, -0.05) is 0 Å². The third-order valence-electron chi connectivity index (χ3n) is 1.10. The second-order valence-electron chi connectivity index (χ2n) is 1.95. The van der Waals surface area contributed by atoms with Gasteiger partial charge < -0.3 is 15.8 Å². The smallest absolute Gasteiger partial charge is 0.0933 e. The molecule has 1 aliphatic heterocycles. The standard InChI is InChI=1S/C5H12N2O/c6-1-2-7-3-5-4-8-5/h5,7H,1-4,6H2. The molecule has 1 heterocycles. The fourth-order valence-electron chi connectivity index (χ4n) is 0.551. The molecule has 1 atom stereocenters. The lowest BCUT2D eigenvalue weighted by molar-refractivity contribution is 0.398. The maximum Gasteiger partial charge on any atom is 0.0933 e. The molecular weight excluding hydrogens is 104 g/mol. The summed E-state index contributed by atoms with van der Waals surface area (Å²) in [6, 6.07) is 0. The van der Waals surface area contributed by atoms with Gasteiger partial charge in [-0.2, -0.15) is 0 Å². The van der Waals surface area contributed by atoms with E-state index in [-0.39, 0.29) is 0 Å². The quantitative estimate of drug-likeness (QED) is 0.363. The Labute approximate surface area is 49.2 Å². The summed E-state index contributed by atoms with van der Waals surface area (Å²) in [7, 11) is 0. The lowest BCUT2D eigenvalue weighted by Gasteiger charge is -1.95. The molecule has 0 aromatic carbocycles. The van der Waals surface area contributed by atoms with Crippen LogP contribution in [0.3, 0.4) is 0 Å². The summed E-state index contributed by atoms with van der Waals surface area (Å²) in [6.45, 7) is 3.52. The highest BCUT2D eigenvalue weighted by molar-refractivity contribution is 4.71. The molecule has 3 nitrogen and oxygen atoms in total. The van der Waals surface area contributed by atoms with Crippen molar-refractivity contribution in [1.29, 1.82) is 0 Å². The maximum absolute atomic E-state index is 5.23. The molecule has 1 unspecified atom stereocenters. The van der Waals surface area contributed by atoms with E-state index in [0.29, 0.717) is 12.6 Å². The van der Waals surface area contributed by atoms with Crippen molar-refractivity contribution in [3.8, 4) is 0 Å². The van der Waals surface area contributed by atoms with Crippen molar-refractivity contribution in [2.45, 2.75) is 6.10 Å². The lowest BCUT2D eigenvalue weighted by atomic mass is 10.5. The third-order valence-corrected chi connectivity index (χ3v) is 1.10. The minimum absolute atomic E-state index is 0.488. The highest BCUT2D eigenvalue weighted by Gasteiger charge is 2.20. The molecule has 1 saturated heterocycles. The zero-order valence-electron chi connectivity index (χ0n) is 4.89. The molecular formula is C5H12N2O. The van der Waals surface area contributed by atoms with E-state index < -0.39 is 0 Å². The van der Waals surface area contributed by atoms with E-state index >= 15 is 0 Å². The molecule has 48 valence electrons. The molecule has 0 aromatic heterocycles. The molecule has 8 heavy (non-hydrogen) atoms. The molecule has 1 fully saturated rings. The van der Waals surface area contributed by atoms with Crippen LogP contribution < -0.4 is 11.1 Å². The number of nitrogens with one attached hydrogen (secondary N) is 1. The van der Waals surface area contributed by atoms with Gasteiger partial charge in [-0.15, -0.1) is 0 Å². The first-order valence-electron chi connectivity index (χ1n) is 2.96. The van der Waals surface area contributed by atoms with Crippen molar-refractivity contribution in [2.75, 3.05) is 26.2 Å². The van der Waals surface area contributed by atoms with E-state index in [1.807, 2.05) is 0 Å². The molecule has 3 N–H and O–H groups in total. The first-order chi connectivity index (χ1) is 3.93. The number of hydrogen-bond donors (Lipinski definition) is 2. The Balaban J connectivity index is 1.74. The van der Waals surface area contributed by atoms with Crippen molar-refractivity contribution in [3.63, 3.8) is 0 Å². The summed E-state index contributed by atoms with van der Waals surface area (Å²) in [5.74, 6) is 0. The highest BCUT2D eigenvalue weighted by atomic mass is 16.6. The van der Waals surface area contributed by atoms with Crippen LogP contribution in [0.5, 0.6) is 0 Å². The summed E-state index contributed by atoms with van der Waals surface area (Å²) < 4.78 is 4.95. The molecule has 0 aliphatic carbocycles. The molecule has 0 saturated carbocycles. The zero-order valence-corrected chi connectivity index (χ0v) is 4.89. The monoisotopic (exact) mass is 116 g/mol. The van der Waals surface area contributed by atoms with E-state index in [0.717, 1.165) is 19.7 Å². The number of rotatable bonds is 4. The Kier molecular flexibility index (Phi) is 2.27. The number of ether oxygens (including phenoxy) is 1. The van der Waals surface area contributed by atoms with Crippen LogP contribution in [0.4, 0.5) is 0 Å². The molecule has 0 spiro atoms. The lowest BCUT2D eigenvalue weighted by Crippen LogP contribution is -2.25. The van der Waals surface area contributed by atoms with Crippen LogP contribution in [-0.4, -0.2) is 32.3 Å². The maximum atomic E-state index is 5.23. The summed E-state index contributed by atoms with van der Waals surface area (Å²) in [5.41, 5.74) is 5.23. The Hall–Kier alpha value is -0.120. The van der Waals surface area contributed by atoms with Gasteiger partial charge in [-0.25, -0.2) is 0 Å². The van der Waals surface area contributed by atoms with Gasteiger partial charge in [0.1, 0.15) is 0 Å². The fraction of sp³-hybridized carbons (Fsp3) is 1.00. The van der Waals surface area contributed by atoms with E-state index in [1.165, 1.54) is 0 Å². The Morgan fingerprint density at radius 3 is 3.00 bits per heavy atom. The first kappa shape index (κ1) is 6.01. The van der Waals surface area contributed by atoms with E-state index in [9.17, 15) is 0 Å². The van der Waals surface area contributed by atoms with Crippen LogP contribution in [0.15, 0.2) is 0 Å². The predicted octanol–water partition coefficient (Wildman–Crippen LogP) is -1.07. The summed E-state index contributed by atoms with van der Waals surface area (Å²) in [4.78, 5) is 0. The second kappa shape index (κ2) is 3.02. The predicted molar refractivity (Wildman–Crippen MR) is 31.7 cm³/mol. The zero-order chi connectivity index (χ0) is 5.82. The van der Waals surface area contributed by atoms with Crippen molar-refractivity contribution in [3.05, 3.63) is 0 Å². The van der Waals surface area contributed by atoms with Crippen LogP contribution >= 0.6 is 0 Å². The largest absolute Gasteiger partial charge is 0.372 e. The van der Waals surface area contributed by atoms with Crippen LogP contribution in [0.1, 0.15) is 0 Å². The van der Waals surface area contributed by atoms with Gasteiger partial charge in [0.25, 0.3) is 0 Å². The number of epoxide rings is 1. The van der Waals surface area contributed by atoms with E-state index in [1.54, 1.807) is 0 Å². The molecule has 1 rings (SSSR count). The van der Waals surface area contributed by atoms with Gasteiger partial charge in [0.15, 0.2) is 0 Å². The van der Waals surface area contributed by atoms with Gasteiger partial charge in [-0.3, -0.25) is 0 Å². The van der Waals surface area contributed by atoms with Gasteiger partial charge in [0, 0.05) is 19.6 Å². The van der Waals surface area contributed by atoms with Crippen molar-refractivity contribution in [1.82, 2.24) is 5.32 Å². The van der Waals surface area contributed by atoms with Gasteiger partial charge >= 0.3 is 0 Å². The summed E-state index contributed by atoms with van der Waals surface area (Å²) >= 11 is 0. The average molecular weight is 116 g/mol. The molecule has 3 heteroatoms. The van der Waals surface area contributed by atoms with Gasteiger partial charge in [0.2, 0.25) is 0 Å². The molecule has 0 amide bonds. The van der Waals surface area contributed by atoms with Crippen molar-refractivity contribution >= 4 is 0 Å². The Bertz CT molecular complexity index is 63.4. The fourth-order valence-corrected chi connectivity index (χ4v) is 0.551. The normalized spacial score (nSPS) is 25.9. The van der Waals surface area contributed by atoms with Crippen molar-refractivity contribution < 1.29 is 4.74 Å². The van der Waals surface area contributed by atoms with Crippen molar-refractivity contribution in [2.24, 2.45) is 5.73 Å². The average Bonchev–Trinajstić information content (AvgIpc) is 2.51. The van der Waals surface area contributed by atoms with Crippen LogP contribution in [-0.2, 0) is 4.74 Å². The topological polar surface area (TPSA) is 50.6 Å². The number of hydrogen-bond acceptors (Lipinski definition) is 3. The molecule has 0 aromatic rings. The van der Waals surface area contributed by atoms with Crippen LogP contribution in [0.2, 0.25) is 0 Å².